The zero-order valence-electron chi connectivity index (χ0n) is 12.6. The third-order valence-electron chi connectivity index (χ3n) is 3.88. The number of ether oxygens (including phenoxy) is 1. The van der Waals surface area contributed by atoms with Crippen molar-refractivity contribution in [1.29, 1.82) is 0 Å². The molecule has 1 saturated carbocycles. The SMILES string of the molecule is CC(C)CN(CCOc1cccc(Br)c1)C1CCCC1. The zero-order chi connectivity index (χ0) is 14.4. The molecule has 0 atom stereocenters. The van der Waals surface area contributed by atoms with Crippen molar-refractivity contribution >= 4 is 15.9 Å². The van der Waals surface area contributed by atoms with Crippen LogP contribution in [0.3, 0.4) is 0 Å². The summed E-state index contributed by atoms with van der Waals surface area (Å²) in [6, 6.07) is 8.87. The van der Waals surface area contributed by atoms with Crippen LogP contribution in [0.2, 0.25) is 0 Å². The van der Waals surface area contributed by atoms with Gasteiger partial charge in [-0.2, -0.15) is 0 Å². The Hall–Kier alpha value is -0.540. The van der Waals surface area contributed by atoms with Gasteiger partial charge in [0.2, 0.25) is 0 Å². The van der Waals surface area contributed by atoms with Crippen LogP contribution in [0.1, 0.15) is 39.5 Å². The van der Waals surface area contributed by atoms with E-state index in [2.05, 4.69) is 34.7 Å². The highest BCUT2D eigenvalue weighted by atomic mass is 79.9. The summed E-state index contributed by atoms with van der Waals surface area (Å²) in [6.07, 6.45) is 5.52. The van der Waals surface area contributed by atoms with Crippen molar-refractivity contribution in [3.8, 4) is 5.75 Å². The average Bonchev–Trinajstić information content (AvgIpc) is 2.91. The second-order valence-corrected chi connectivity index (χ2v) is 7.05. The van der Waals surface area contributed by atoms with E-state index >= 15 is 0 Å². The number of benzene rings is 1. The minimum Gasteiger partial charge on any atom is -0.492 e. The van der Waals surface area contributed by atoms with Crippen molar-refractivity contribution in [1.82, 2.24) is 4.90 Å². The highest BCUT2D eigenvalue weighted by Gasteiger charge is 2.22. The van der Waals surface area contributed by atoms with Crippen LogP contribution >= 0.6 is 15.9 Å². The van der Waals surface area contributed by atoms with Gasteiger partial charge in [0.1, 0.15) is 12.4 Å². The van der Waals surface area contributed by atoms with E-state index < -0.39 is 0 Å². The van der Waals surface area contributed by atoms with Crippen LogP contribution in [0.4, 0.5) is 0 Å². The predicted molar refractivity (Wildman–Crippen MR) is 88.3 cm³/mol. The first-order valence-corrected chi connectivity index (χ1v) is 8.57. The molecule has 1 aliphatic carbocycles. The molecule has 3 heteroatoms. The lowest BCUT2D eigenvalue weighted by atomic mass is 10.1. The second-order valence-electron chi connectivity index (χ2n) is 6.13. The molecule has 0 bridgehead atoms. The molecule has 0 N–H and O–H groups in total. The summed E-state index contributed by atoms with van der Waals surface area (Å²) in [5.74, 6) is 1.68. The first-order chi connectivity index (χ1) is 9.65. The van der Waals surface area contributed by atoms with Crippen molar-refractivity contribution in [2.75, 3.05) is 19.7 Å². The van der Waals surface area contributed by atoms with Gasteiger partial charge in [0, 0.05) is 23.6 Å². The summed E-state index contributed by atoms with van der Waals surface area (Å²) in [4.78, 5) is 2.63. The van der Waals surface area contributed by atoms with Crippen molar-refractivity contribution in [3.05, 3.63) is 28.7 Å². The fraction of sp³-hybridized carbons (Fsp3) is 0.647. The first-order valence-electron chi connectivity index (χ1n) is 7.77. The Morgan fingerprint density at radius 1 is 1.30 bits per heavy atom. The Labute approximate surface area is 131 Å². The molecule has 1 aliphatic rings. The quantitative estimate of drug-likeness (QED) is 0.712. The molecule has 0 radical (unpaired) electrons. The van der Waals surface area contributed by atoms with Crippen molar-refractivity contribution in [2.45, 2.75) is 45.6 Å². The maximum atomic E-state index is 5.89. The number of nitrogens with zero attached hydrogens (tertiary/aromatic N) is 1. The highest BCUT2D eigenvalue weighted by Crippen LogP contribution is 2.24. The normalized spacial score (nSPS) is 16.2. The van der Waals surface area contributed by atoms with Gasteiger partial charge in [-0.1, -0.05) is 48.7 Å². The Balaban J connectivity index is 1.81. The van der Waals surface area contributed by atoms with Gasteiger partial charge in [-0.15, -0.1) is 0 Å². The van der Waals surface area contributed by atoms with E-state index in [1.54, 1.807) is 0 Å². The zero-order valence-corrected chi connectivity index (χ0v) is 14.2. The summed E-state index contributed by atoms with van der Waals surface area (Å²) in [6.45, 7) is 7.61. The molecule has 0 aromatic heterocycles. The van der Waals surface area contributed by atoms with E-state index in [1.807, 2.05) is 24.3 Å². The van der Waals surface area contributed by atoms with Gasteiger partial charge < -0.3 is 4.74 Å². The standard InChI is InChI=1S/C17H26BrNO/c1-14(2)13-19(16-7-3-4-8-16)10-11-20-17-9-5-6-15(18)12-17/h5-6,9,12,14,16H,3-4,7-8,10-11,13H2,1-2H3. The van der Waals surface area contributed by atoms with Gasteiger partial charge in [0.15, 0.2) is 0 Å². The molecule has 0 aliphatic heterocycles. The van der Waals surface area contributed by atoms with Crippen LogP contribution in [0.15, 0.2) is 28.7 Å². The molecule has 0 heterocycles. The summed E-state index contributed by atoms with van der Waals surface area (Å²) < 4.78 is 6.96. The molecule has 112 valence electrons. The third kappa shape index (κ3) is 5.10. The molecule has 2 nitrogen and oxygen atoms in total. The molecule has 0 amide bonds. The molecular formula is C17H26BrNO. The summed E-state index contributed by atoms with van der Waals surface area (Å²) in [5.41, 5.74) is 0. The van der Waals surface area contributed by atoms with Crippen LogP contribution in [-0.2, 0) is 0 Å². The van der Waals surface area contributed by atoms with Gasteiger partial charge in [-0.25, -0.2) is 0 Å². The van der Waals surface area contributed by atoms with Crippen molar-refractivity contribution in [2.24, 2.45) is 5.92 Å². The van der Waals surface area contributed by atoms with E-state index in [-0.39, 0.29) is 0 Å². The first kappa shape index (κ1) is 15.8. The Kier molecular flexibility index (Phi) is 6.37. The molecule has 2 rings (SSSR count). The number of halogens is 1. The Bertz CT molecular complexity index is 402. The fourth-order valence-corrected chi connectivity index (χ4v) is 3.38. The van der Waals surface area contributed by atoms with Crippen LogP contribution in [0.25, 0.3) is 0 Å². The maximum absolute atomic E-state index is 5.89. The predicted octanol–water partition coefficient (Wildman–Crippen LogP) is 4.73. The van der Waals surface area contributed by atoms with Gasteiger partial charge >= 0.3 is 0 Å². The molecular weight excluding hydrogens is 314 g/mol. The lowest BCUT2D eigenvalue weighted by molar-refractivity contribution is 0.145. The van der Waals surface area contributed by atoms with E-state index in [0.29, 0.717) is 0 Å². The monoisotopic (exact) mass is 339 g/mol. The van der Waals surface area contributed by atoms with Crippen LogP contribution in [0.5, 0.6) is 5.75 Å². The van der Waals surface area contributed by atoms with E-state index in [4.69, 9.17) is 4.74 Å². The minimum absolute atomic E-state index is 0.724. The van der Waals surface area contributed by atoms with E-state index in [0.717, 1.165) is 35.3 Å². The smallest absolute Gasteiger partial charge is 0.120 e. The fourth-order valence-electron chi connectivity index (χ4n) is 3.00. The lowest BCUT2D eigenvalue weighted by Gasteiger charge is -2.30. The largest absolute Gasteiger partial charge is 0.492 e. The Morgan fingerprint density at radius 3 is 2.70 bits per heavy atom. The number of hydrogen-bond acceptors (Lipinski definition) is 2. The van der Waals surface area contributed by atoms with Crippen LogP contribution < -0.4 is 4.74 Å². The molecule has 0 spiro atoms. The van der Waals surface area contributed by atoms with Gasteiger partial charge in [0.05, 0.1) is 0 Å². The van der Waals surface area contributed by atoms with Gasteiger partial charge in [-0.05, 0) is 37.0 Å². The molecule has 20 heavy (non-hydrogen) atoms. The topological polar surface area (TPSA) is 12.5 Å². The summed E-state index contributed by atoms with van der Waals surface area (Å²) in [5, 5.41) is 0. The van der Waals surface area contributed by atoms with E-state index in [1.165, 1.54) is 32.2 Å². The summed E-state index contributed by atoms with van der Waals surface area (Å²) >= 11 is 3.48. The Morgan fingerprint density at radius 2 is 2.05 bits per heavy atom. The van der Waals surface area contributed by atoms with E-state index in [9.17, 15) is 0 Å². The number of hydrogen-bond donors (Lipinski definition) is 0. The lowest BCUT2D eigenvalue weighted by Crippen LogP contribution is -2.39. The van der Waals surface area contributed by atoms with Crippen molar-refractivity contribution < 1.29 is 4.74 Å². The average molecular weight is 340 g/mol. The number of rotatable bonds is 7. The van der Waals surface area contributed by atoms with Gasteiger partial charge in [0.25, 0.3) is 0 Å². The van der Waals surface area contributed by atoms with Gasteiger partial charge in [-0.3, -0.25) is 4.90 Å². The molecule has 0 unspecified atom stereocenters. The van der Waals surface area contributed by atoms with Crippen molar-refractivity contribution in [3.63, 3.8) is 0 Å². The molecule has 1 fully saturated rings. The third-order valence-corrected chi connectivity index (χ3v) is 4.38. The second kappa shape index (κ2) is 8.04. The minimum atomic E-state index is 0.724. The molecule has 1 aromatic rings. The summed E-state index contributed by atoms with van der Waals surface area (Å²) in [7, 11) is 0. The van der Waals surface area contributed by atoms with Crippen LogP contribution in [0, 0.1) is 5.92 Å². The maximum Gasteiger partial charge on any atom is 0.120 e. The molecule has 1 aromatic carbocycles. The molecule has 0 saturated heterocycles. The van der Waals surface area contributed by atoms with Crippen LogP contribution in [-0.4, -0.2) is 30.6 Å². The highest BCUT2D eigenvalue weighted by molar-refractivity contribution is 9.10.